The van der Waals surface area contributed by atoms with Gasteiger partial charge in [-0.15, -0.1) is 12.4 Å². The van der Waals surface area contributed by atoms with E-state index < -0.39 is 0 Å². The second kappa shape index (κ2) is 11.0. The van der Waals surface area contributed by atoms with Crippen LogP contribution < -0.4 is 16.0 Å². The maximum absolute atomic E-state index is 11.8. The standard InChI is InChI=1S/C16H24N4O2.ClH/c21-15(13-19-16(22)14-5-2-1-3-6-14)18-7-4-10-20-11-8-17-9-12-20;/h1-3,5-6,17H,4,7-13H2,(H,18,21)(H,19,22);1H. The van der Waals surface area contributed by atoms with E-state index in [2.05, 4.69) is 20.9 Å². The van der Waals surface area contributed by atoms with Crippen LogP contribution >= 0.6 is 12.4 Å². The van der Waals surface area contributed by atoms with Crippen LogP contribution in [0.5, 0.6) is 0 Å². The lowest BCUT2D eigenvalue weighted by molar-refractivity contribution is -0.120. The van der Waals surface area contributed by atoms with Crippen LogP contribution in [0.3, 0.4) is 0 Å². The molecule has 0 bridgehead atoms. The molecule has 0 unspecified atom stereocenters. The molecular formula is C16H25ClN4O2. The SMILES string of the molecule is Cl.O=C(CNC(=O)c1ccccc1)NCCCN1CCNCC1. The normalized spacial score (nSPS) is 14.6. The van der Waals surface area contributed by atoms with Crippen LogP contribution in [0.1, 0.15) is 16.8 Å². The number of carbonyl (C=O) groups excluding carboxylic acids is 2. The highest BCUT2D eigenvalue weighted by Gasteiger charge is 2.09. The van der Waals surface area contributed by atoms with Crippen molar-refractivity contribution in [3.05, 3.63) is 35.9 Å². The van der Waals surface area contributed by atoms with E-state index in [1.54, 1.807) is 24.3 Å². The number of hydrogen-bond acceptors (Lipinski definition) is 4. The van der Waals surface area contributed by atoms with Crippen LogP contribution in [-0.2, 0) is 4.79 Å². The zero-order valence-corrected chi connectivity index (χ0v) is 14.0. The van der Waals surface area contributed by atoms with Crippen LogP contribution in [0.25, 0.3) is 0 Å². The van der Waals surface area contributed by atoms with E-state index in [1.807, 2.05) is 6.07 Å². The third-order valence-electron chi connectivity index (χ3n) is 3.63. The monoisotopic (exact) mass is 340 g/mol. The Morgan fingerprint density at radius 2 is 1.78 bits per heavy atom. The third-order valence-corrected chi connectivity index (χ3v) is 3.63. The topological polar surface area (TPSA) is 73.5 Å². The molecule has 0 spiro atoms. The number of hydrogen-bond donors (Lipinski definition) is 3. The van der Waals surface area contributed by atoms with Gasteiger partial charge >= 0.3 is 0 Å². The molecule has 1 aliphatic rings. The number of rotatable bonds is 7. The van der Waals surface area contributed by atoms with E-state index in [1.165, 1.54) is 0 Å². The van der Waals surface area contributed by atoms with Crippen LogP contribution in [0.4, 0.5) is 0 Å². The summed E-state index contributed by atoms with van der Waals surface area (Å²) in [4.78, 5) is 25.9. The van der Waals surface area contributed by atoms with Crippen molar-refractivity contribution >= 4 is 24.2 Å². The van der Waals surface area contributed by atoms with Gasteiger partial charge in [0, 0.05) is 38.3 Å². The third kappa shape index (κ3) is 7.45. The minimum absolute atomic E-state index is 0. The van der Waals surface area contributed by atoms with Crippen molar-refractivity contribution in [2.45, 2.75) is 6.42 Å². The number of piperazine rings is 1. The number of benzene rings is 1. The fourth-order valence-corrected chi connectivity index (χ4v) is 2.38. The largest absolute Gasteiger partial charge is 0.355 e. The number of nitrogens with one attached hydrogen (secondary N) is 3. The van der Waals surface area contributed by atoms with E-state index in [0.29, 0.717) is 12.1 Å². The molecule has 1 aromatic carbocycles. The summed E-state index contributed by atoms with van der Waals surface area (Å²) in [5.74, 6) is -0.374. The van der Waals surface area contributed by atoms with Gasteiger partial charge in [0.15, 0.2) is 0 Å². The Morgan fingerprint density at radius 3 is 2.48 bits per heavy atom. The molecule has 23 heavy (non-hydrogen) atoms. The van der Waals surface area contributed by atoms with Gasteiger partial charge in [0.05, 0.1) is 6.54 Å². The van der Waals surface area contributed by atoms with Crippen molar-refractivity contribution in [1.29, 1.82) is 0 Å². The van der Waals surface area contributed by atoms with Gasteiger partial charge in [-0.2, -0.15) is 0 Å². The molecule has 2 amide bonds. The van der Waals surface area contributed by atoms with Gasteiger partial charge in [-0.25, -0.2) is 0 Å². The zero-order valence-electron chi connectivity index (χ0n) is 13.2. The van der Waals surface area contributed by atoms with Crippen LogP contribution in [0, 0.1) is 0 Å². The molecule has 7 heteroatoms. The predicted molar refractivity (Wildman–Crippen MR) is 93.0 cm³/mol. The molecule has 1 saturated heterocycles. The van der Waals surface area contributed by atoms with Crippen LogP contribution in [0.2, 0.25) is 0 Å². The van der Waals surface area contributed by atoms with E-state index in [0.717, 1.165) is 39.1 Å². The highest BCUT2D eigenvalue weighted by molar-refractivity contribution is 5.96. The average molecular weight is 341 g/mol. The van der Waals surface area contributed by atoms with E-state index in [-0.39, 0.29) is 30.8 Å². The van der Waals surface area contributed by atoms with Crippen LogP contribution in [-0.4, -0.2) is 62.5 Å². The highest BCUT2D eigenvalue weighted by Crippen LogP contribution is 1.97. The number of amides is 2. The zero-order chi connectivity index (χ0) is 15.6. The molecular weight excluding hydrogens is 316 g/mol. The highest BCUT2D eigenvalue weighted by atomic mass is 35.5. The smallest absolute Gasteiger partial charge is 0.251 e. The molecule has 2 rings (SSSR count). The first kappa shape index (κ1) is 19.4. The molecule has 0 aliphatic carbocycles. The fraction of sp³-hybridized carbons (Fsp3) is 0.500. The molecule has 0 aromatic heterocycles. The first-order valence-corrected chi connectivity index (χ1v) is 7.79. The maximum Gasteiger partial charge on any atom is 0.251 e. The second-order valence-corrected chi connectivity index (χ2v) is 5.34. The summed E-state index contributed by atoms with van der Waals surface area (Å²) in [5.41, 5.74) is 0.564. The lowest BCUT2D eigenvalue weighted by atomic mass is 10.2. The van der Waals surface area contributed by atoms with Crippen molar-refractivity contribution in [3.8, 4) is 0 Å². The van der Waals surface area contributed by atoms with Gasteiger partial charge in [0.2, 0.25) is 5.91 Å². The Kier molecular flexibility index (Phi) is 9.28. The Balaban J connectivity index is 0.00000264. The Hall–Kier alpha value is -1.63. The maximum atomic E-state index is 11.8. The minimum atomic E-state index is -0.225. The minimum Gasteiger partial charge on any atom is -0.355 e. The summed E-state index contributed by atoms with van der Waals surface area (Å²) in [6, 6.07) is 8.89. The van der Waals surface area contributed by atoms with E-state index >= 15 is 0 Å². The van der Waals surface area contributed by atoms with Crippen molar-refractivity contribution < 1.29 is 9.59 Å². The van der Waals surface area contributed by atoms with Gasteiger partial charge in [-0.05, 0) is 25.1 Å². The molecule has 1 heterocycles. The van der Waals surface area contributed by atoms with Gasteiger partial charge in [0.25, 0.3) is 5.91 Å². The second-order valence-electron chi connectivity index (χ2n) is 5.34. The fourth-order valence-electron chi connectivity index (χ4n) is 2.38. The Morgan fingerprint density at radius 1 is 1.09 bits per heavy atom. The molecule has 0 saturated carbocycles. The summed E-state index contributed by atoms with van der Waals surface area (Å²) < 4.78 is 0. The average Bonchev–Trinajstić information content (AvgIpc) is 2.58. The summed E-state index contributed by atoms with van der Waals surface area (Å²) in [6.07, 6.45) is 0.929. The molecule has 0 atom stereocenters. The van der Waals surface area contributed by atoms with Crippen molar-refractivity contribution in [1.82, 2.24) is 20.9 Å². The summed E-state index contributed by atoms with van der Waals surface area (Å²) in [5, 5.41) is 8.76. The van der Waals surface area contributed by atoms with Crippen LogP contribution in [0.15, 0.2) is 30.3 Å². The Labute approximate surface area is 143 Å². The van der Waals surface area contributed by atoms with Gasteiger partial charge in [-0.1, -0.05) is 18.2 Å². The lowest BCUT2D eigenvalue weighted by Gasteiger charge is -2.27. The van der Waals surface area contributed by atoms with E-state index in [9.17, 15) is 9.59 Å². The van der Waals surface area contributed by atoms with E-state index in [4.69, 9.17) is 0 Å². The van der Waals surface area contributed by atoms with Crippen molar-refractivity contribution in [2.75, 3.05) is 45.8 Å². The Bertz CT molecular complexity index is 478. The quantitative estimate of drug-likeness (QED) is 0.622. The van der Waals surface area contributed by atoms with Gasteiger partial charge < -0.3 is 20.9 Å². The van der Waals surface area contributed by atoms with Gasteiger partial charge in [-0.3, -0.25) is 9.59 Å². The molecule has 1 fully saturated rings. The summed E-state index contributed by atoms with van der Waals surface area (Å²) >= 11 is 0. The lowest BCUT2D eigenvalue weighted by Crippen LogP contribution is -2.44. The molecule has 0 radical (unpaired) electrons. The van der Waals surface area contributed by atoms with Crippen molar-refractivity contribution in [2.24, 2.45) is 0 Å². The number of halogens is 1. The number of carbonyl (C=O) groups is 2. The molecule has 1 aliphatic heterocycles. The predicted octanol–water partition coefficient (Wildman–Crippen LogP) is 0.250. The summed E-state index contributed by atoms with van der Waals surface area (Å²) in [7, 11) is 0. The van der Waals surface area contributed by atoms with Crippen molar-refractivity contribution in [3.63, 3.8) is 0 Å². The molecule has 1 aromatic rings. The molecule has 6 nitrogen and oxygen atoms in total. The first-order chi connectivity index (χ1) is 10.8. The molecule has 128 valence electrons. The van der Waals surface area contributed by atoms with Gasteiger partial charge in [0.1, 0.15) is 0 Å². The first-order valence-electron chi connectivity index (χ1n) is 7.79. The molecule has 3 N–H and O–H groups in total. The summed E-state index contributed by atoms with van der Waals surface area (Å²) in [6.45, 7) is 5.88. The number of nitrogens with zero attached hydrogens (tertiary/aromatic N) is 1.